The van der Waals surface area contributed by atoms with Crippen molar-refractivity contribution in [2.45, 2.75) is 19.9 Å². The molecule has 4 aromatic rings. The van der Waals surface area contributed by atoms with Crippen LogP contribution in [-0.4, -0.2) is 40.3 Å². The number of carboxylic acid groups (broad SMARTS) is 1. The molecule has 1 atom stereocenters. The number of nitrogens with zero attached hydrogens (tertiary/aromatic N) is 2. The van der Waals surface area contributed by atoms with Crippen molar-refractivity contribution in [3.05, 3.63) is 63.8 Å². The number of carboxylic acids is 1. The van der Waals surface area contributed by atoms with Gasteiger partial charge in [-0.2, -0.15) is 0 Å². The molecular weight excluding hydrogens is 453 g/mol. The Hall–Kier alpha value is -4.34. The Morgan fingerprint density at radius 3 is 2.83 bits per heavy atom. The van der Waals surface area contributed by atoms with Crippen LogP contribution in [0.1, 0.15) is 29.0 Å². The van der Waals surface area contributed by atoms with Gasteiger partial charge in [0.15, 0.2) is 11.6 Å². The van der Waals surface area contributed by atoms with Gasteiger partial charge >= 0.3 is 5.97 Å². The lowest BCUT2D eigenvalue weighted by molar-refractivity contribution is 0.0694. The number of nitrogen functional groups attached to an aromatic ring is 1. The molecule has 0 bridgehead atoms. The molecule has 0 spiro atoms. The summed E-state index contributed by atoms with van der Waals surface area (Å²) in [5.74, 6) is -2.10. The van der Waals surface area contributed by atoms with E-state index in [2.05, 4.69) is 15.6 Å². The number of aromatic nitrogens is 2. The third-order valence-electron chi connectivity index (χ3n) is 6.16. The lowest BCUT2D eigenvalue weighted by Crippen LogP contribution is -2.28. The first-order chi connectivity index (χ1) is 16.8. The number of ether oxygens (including phenoxy) is 1. The highest BCUT2D eigenvalue weighted by molar-refractivity contribution is 6.03. The molecule has 10 heteroatoms. The van der Waals surface area contributed by atoms with E-state index in [-0.39, 0.29) is 35.0 Å². The van der Waals surface area contributed by atoms with E-state index < -0.39 is 28.5 Å². The second-order valence-corrected chi connectivity index (χ2v) is 8.58. The van der Waals surface area contributed by atoms with Gasteiger partial charge in [0, 0.05) is 36.1 Å². The standard InChI is InChI=1S/C25H24FN5O4/c1-12-9-17(14-5-3-4-6-16(14)30-12)28-7-8-29-21-19(26)20(27)18-22-24(21)35-11-13(2)31(22)10-15(23(18)32)25(33)34/h3-6,9-10,13,29H,7-8,11,27H2,1-2H3,(H,28,30)(H,33,34). The minimum atomic E-state index is -1.40. The number of aromatic carboxylic acids is 1. The monoisotopic (exact) mass is 477 g/mol. The first kappa shape index (κ1) is 22.5. The zero-order chi connectivity index (χ0) is 24.9. The van der Waals surface area contributed by atoms with E-state index in [1.54, 1.807) is 4.57 Å². The smallest absolute Gasteiger partial charge is 0.341 e. The Kier molecular flexibility index (Phi) is 5.43. The van der Waals surface area contributed by atoms with Gasteiger partial charge in [-0.15, -0.1) is 0 Å². The number of anilines is 3. The van der Waals surface area contributed by atoms with Crippen LogP contribution in [0.25, 0.3) is 21.8 Å². The van der Waals surface area contributed by atoms with Gasteiger partial charge in [-0.25, -0.2) is 9.18 Å². The number of benzene rings is 2. The van der Waals surface area contributed by atoms with Gasteiger partial charge in [0.25, 0.3) is 0 Å². The van der Waals surface area contributed by atoms with Crippen molar-refractivity contribution in [2.24, 2.45) is 0 Å². The van der Waals surface area contributed by atoms with Gasteiger partial charge in [0.1, 0.15) is 17.9 Å². The largest absolute Gasteiger partial charge is 0.487 e. The van der Waals surface area contributed by atoms with Crippen molar-refractivity contribution >= 4 is 44.8 Å². The minimum absolute atomic E-state index is 0.0377. The molecule has 0 radical (unpaired) electrons. The van der Waals surface area contributed by atoms with Gasteiger partial charge in [-0.05, 0) is 26.0 Å². The van der Waals surface area contributed by atoms with Crippen LogP contribution < -0.4 is 26.5 Å². The Balaban J connectivity index is 1.49. The molecule has 0 saturated carbocycles. The number of nitrogens with two attached hydrogens (primary N) is 1. The van der Waals surface area contributed by atoms with E-state index in [1.807, 2.05) is 44.2 Å². The first-order valence-electron chi connectivity index (χ1n) is 11.2. The lowest BCUT2D eigenvalue weighted by atomic mass is 10.0. The Bertz CT molecular complexity index is 1570. The molecule has 9 nitrogen and oxygen atoms in total. The normalized spacial score (nSPS) is 14.7. The summed E-state index contributed by atoms with van der Waals surface area (Å²) in [7, 11) is 0. The van der Waals surface area contributed by atoms with E-state index in [1.165, 1.54) is 6.20 Å². The Morgan fingerprint density at radius 2 is 2.06 bits per heavy atom. The van der Waals surface area contributed by atoms with Crippen molar-refractivity contribution in [1.82, 2.24) is 9.55 Å². The average Bonchev–Trinajstić information content (AvgIpc) is 2.83. The van der Waals surface area contributed by atoms with Gasteiger partial charge in [0.2, 0.25) is 5.43 Å². The topological polar surface area (TPSA) is 132 Å². The summed E-state index contributed by atoms with van der Waals surface area (Å²) < 4.78 is 22.8. The van der Waals surface area contributed by atoms with E-state index in [0.717, 1.165) is 22.3 Å². The third kappa shape index (κ3) is 3.67. The molecule has 180 valence electrons. The predicted molar refractivity (Wildman–Crippen MR) is 133 cm³/mol. The van der Waals surface area contributed by atoms with Gasteiger partial charge in [0.05, 0.1) is 28.1 Å². The fraction of sp³-hybridized carbons (Fsp3) is 0.240. The molecule has 1 unspecified atom stereocenters. The van der Waals surface area contributed by atoms with Crippen LogP contribution in [0, 0.1) is 12.7 Å². The number of para-hydroxylation sites is 1. The minimum Gasteiger partial charge on any atom is -0.487 e. The Labute approximate surface area is 199 Å². The summed E-state index contributed by atoms with van der Waals surface area (Å²) >= 11 is 0. The molecular formula is C25H24FN5O4. The summed E-state index contributed by atoms with van der Waals surface area (Å²) in [6, 6.07) is 9.46. The maximum atomic E-state index is 15.4. The highest BCUT2D eigenvalue weighted by Crippen LogP contribution is 2.43. The molecule has 0 aliphatic carbocycles. The Morgan fingerprint density at radius 1 is 1.31 bits per heavy atom. The van der Waals surface area contributed by atoms with Crippen LogP contribution in [0.2, 0.25) is 0 Å². The quantitative estimate of drug-likeness (QED) is 0.244. The van der Waals surface area contributed by atoms with E-state index >= 15 is 4.39 Å². The van der Waals surface area contributed by atoms with Crippen LogP contribution in [0.4, 0.5) is 21.5 Å². The average molecular weight is 477 g/mol. The van der Waals surface area contributed by atoms with Gasteiger partial charge < -0.3 is 30.8 Å². The molecule has 1 aliphatic rings. The molecule has 3 heterocycles. The molecule has 1 aliphatic heterocycles. The first-order valence-corrected chi connectivity index (χ1v) is 11.2. The van der Waals surface area contributed by atoms with Crippen LogP contribution in [-0.2, 0) is 0 Å². The molecule has 5 rings (SSSR count). The van der Waals surface area contributed by atoms with Crippen LogP contribution in [0.5, 0.6) is 5.75 Å². The van der Waals surface area contributed by atoms with Crippen molar-refractivity contribution in [1.29, 1.82) is 0 Å². The molecule has 2 aromatic carbocycles. The van der Waals surface area contributed by atoms with E-state index in [9.17, 15) is 14.7 Å². The molecule has 0 fully saturated rings. The zero-order valence-electron chi connectivity index (χ0n) is 19.2. The zero-order valence-corrected chi connectivity index (χ0v) is 19.2. The second-order valence-electron chi connectivity index (χ2n) is 8.58. The SMILES string of the molecule is Cc1cc(NCCNc2c(F)c(N)c3c(=O)c(C(=O)O)cn4c3c2OCC4C)c2ccccc2n1. The number of hydrogen-bond donors (Lipinski definition) is 4. The van der Waals surface area contributed by atoms with Crippen LogP contribution >= 0.6 is 0 Å². The summed E-state index contributed by atoms with van der Waals surface area (Å²) in [6.07, 6.45) is 1.27. The van der Waals surface area contributed by atoms with Crippen molar-refractivity contribution in [3.8, 4) is 5.75 Å². The van der Waals surface area contributed by atoms with E-state index in [4.69, 9.17) is 10.5 Å². The lowest BCUT2D eigenvalue weighted by Gasteiger charge is -2.29. The fourth-order valence-electron chi connectivity index (χ4n) is 4.50. The number of aryl methyl sites for hydroxylation is 1. The van der Waals surface area contributed by atoms with Crippen molar-refractivity contribution in [2.75, 3.05) is 36.1 Å². The summed E-state index contributed by atoms with van der Waals surface area (Å²) in [6.45, 7) is 4.69. The van der Waals surface area contributed by atoms with Crippen LogP contribution in [0.15, 0.2) is 41.3 Å². The predicted octanol–water partition coefficient (Wildman–Crippen LogP) is 3.76. The van der Waals surface area contributed by atoms with E-state index in [0.29, 0.717) is 13.1 Å². The number of rotatable bonds is 6. The summed E-state index contributed by atoms with van der Waals surface area (Å²) in [4.78, 5) is 29.0. The van der Waals surface area contributed by atoms with Gasteiger partial charge in [-0.3, -0.25) is 9.78 Å². The van der Waals surface area contributed by atoms with Crippen LogP contribution in [0.3, 0.4) is 0 Å². The third-order valence-corrected chi connectivity index (χ3v) is 6.16. The second kappa shape index (κ2) is 8.46. The maximum absolute atomic E-state index is 15.4. The molecule has 0 saturated heterocycles. The summed E-state index contributed by atoms with van der Waals surface area (Å²) in [5, 5.41) is 16.6. The number of nitrogens with one attached hydrogen (secondary N) is 2. The molecule has 2 aromatic heterocycles. The van der Waals surface area contributed by atoms with Gasteiger partial charge in [-0.1, -0.05) is 18.2 Å². The fourth-order valence-corrected chi connectivity index (χ4v) is 4.50. The molecule has 0 amide bonds. The van der Waals surface area contributed by atoms with Crippen molar-refractivity contribution < 1.29 is 19.0 Å². The number of halogens is 1. The highest BCUT2D eigenvalue weighted by Gasteiger charge is 2.30. The number of hydrogen-bond acceptors (Lipinski definition) is 7. The molecule has 5 N–H and O–H groups in total. The number of pyridine rings is 2. The van der Waals surface area contributed by atoms with Crippen molar-refractivity contribution in [3.63, 3.8) is 0 Å². The summed E-state index contributed by atoms with van der Waals surface area (Å²) in [5.41, 5.74) is 7.29. The number of fused-ring (bicyclic) bond motifs is 1. The maximum Gasteiger partial charge on any atom is 0.341 e. The molecule has 35 heavy (non-hydrogen) atoms. The highest BCUT2D eigenvalue weighted by atomic mass is 19.1. The number of carbonyl (C=O) groups is 1.